The minimum Gasteiger partial charge on any atom is -0.293 e. The molecule has 1 aromatic heterocycles. The van der Waals surface area contributed by atoms with Crippen LogP contribution >= 0.6 is 11.6 Å². The molecule has 0 radical (unpaired) electrons. The molecule has 32 heavy (non-hydrogen) atoms. The number of benzene rings is 2. The fourth-order valence-corrected chi connectivity index (χ4v) is 5.71. The van der Waals surface area contributed by atoms with Crippen molar-refractivity contribution in [3.63, 3.8) is 0 Å². The summed E-state index contributed by atoms with van der Waals surface area (Å²) in [5.41, 5.74) is 1.86. The van der Waals surface area contributed by atoms with Gasteiger partial charge in [-0.15, -0.1) is 0 Å². The number of nitrogens with zero attached hydrogens (tertiary/aromatic N) is 3. The zero-order valence-electron chi connectivity index (χ0n) is 18.7. The molecule has 0 unspecified atom stereocenters. The smallest absolute Gasteiger partial charge is 0.228 e. The van der Waals surface area contributed by atoms with Gasteiger partial charge in [0.1, 0.15) is 5.82 Å². The van der Waals surface area contributed by atoms with Crippen molar-refractivity contribution in [2.24, 2.45) is 5.92 Å². The van der Waals surface area contributed by atoms with Crippen LogP contribution in [0.3, 0.4) is 0 Å². The van der Waals surface area contributed by atoms with Gasteiger partial charge in [-0.05, 0) is 68.0 Å². The van der Waals surface area contributed by atoms with Crippen molar-refractivity contribution in [1.82, 2.24) is 9.78 Å². The summed E-state index contributed by atoms with van der Waals surface area (Å²) in [5.74, 6) is 1.71. The molecule has 168 valence electrons. The van der Waals surface area contributed by atoms with Crippen molar-refractivity contribution in [3.8, 4) is 5.69 Å². The first-order chi connectivity index (χ1) is 15.7. The lowest BCUT2D eigenvalue weighted by Gasteiger charge is -2.36. The summed E-state index contributed by atoms with van der Waals surface area (Å²) >= 11 is 6.17. The summed E-state index contributed by atoms with van der Waals surface area (Å²) in [6.07, 6.45) is 12.6. The number of rotatable bonds is 5. The third-order valence-electron chi connectivity index (χ3n) is 7.25. The molecule has 2 aliphatic rings. The lowest BCUT2D eigenvalue weighted by atomic mass is 9.86. The van der Waals surface area contributed by atoms with Gasteiger partial charge < -0.3 is 0 Å². The van der Waals surface area contributed by atoms with E-state index >= 15 is 0 Å². The number of anilines is 1. The Labute approximate surface area is 195 Å². The van der Waals surface area contributed by atoms with E-state index in [4.69, 9.17) is 16.7 Å². The number of carbonyl (C=O) groups excluding carboxylic acids is 1. The predicted molar refractivity (Wildman–Crippen MR) is 132 cm³/mol. The van der Waals surface area contributed by atoms with Crippen LogP contribution in [-0.4, -0.2) is 21.7 Å². The van der Waals surface area contributed by atoms with E-state index in [-0.39, 0.29) is 11.9 Å². The van der Waals surface area contributed by atoms with Gasteiger partial charge in [-0.1, -0.05) is 62.3 Å². The average molecular weight is 450 g/mol. The van der Waals surface area contributed by atoms with E-state index in [1.165, 1.54) is 51.4 Å². The van der Waals surface area contributed by atoms with Crippen LogP contribution in [0, 0.1) is 5.92 Å². The van der Waals surface area contributed by atoms with E-state index in [0.717, 1.165) is 35.2 Å². The summed E-state index contributed by atoms with van der Waals surface area (Å²) in [5, 5.41) is 6.68. The Morgan fingerprint density at radius 2 is 1.56 bits per heavy atom. The van der Waals surface area contributed by atoms with Gasteiger partial charge in [0.2, 0.25) is 5.91 Å². The third kappa shape index (κ3) is 4.43. The van der Waals surface area contributed by atoms with Crippen molar-refractivity contribution in [1.29, 1.82) is 0 Å². The molecule has 0 spiro atoms. The van der Waals surface area contributed by atoms with Gasteiger partial charge in [-0.25, -0.2) is 4.68 Å². The number of halogens is 1. The monoisotopic (exact) mass is 449 g/mol. The van der Waals surface area contributed by atoms with E-state index < -0.39 is 0 Å². The molecule has 5 heteroatoms. The van der Waals surface area contributed by atoms with Gasteiger partial charge in [0.25, 0.3) is 0 Å². The van der Waals surface area contributed by atoms with Crippen LogP contribution in [0.15, 0.2) is 48.5 Å². The lowest BCUT2D eigenvalue weighted by molar-refractivity contribution is -0.120. The molecular weight excluding hydrogens is 418 g/mol. The lowest BCUT2D eigenvalue weighted by Crippen LogP contribution is -2.43. The third-order valence-corrected chi connectivity index (χ3v) is 7.50. The summed E-state index contributed by atoms with van der Waals surface area (Å²) in [4.78, 5) is 16.1. The Morgan fingerprint density at radius 3 is 2.28 bits per heavy atom. The number of hydrogen-bond donors (Lipinski definition) is 0. The van der Waals surface area contributed by atoms with Crippen LogP contribution in [0.4, 0.5) is 5.82 Å². The molecule has 0 aliphatic heterocycles. The van der Waals surface area contributed by atoms with Crippen LogP contribution in [0.2, 0.25) is 5.02 Å². The summed E-state index contributed by atoms with van der Waals surface area (Å²) in [6.45, 7) is 0. The average Bonchev–Trinajstić information content (AvgIpc) is 3.20. The number of fused-ring (bicyclic) bond motifs is 1. The molecule has 0 saturated heterocycles. The molecule has 4 nitrogen and oxygen atoms in total. The fraction of sp³-hybridized carbons (Fsp3) is 0.481. The maximum absolute atomic E-state index is 14.0. The molecule has 1 heterocycles. The zero-order valence-corrected chi connectivity index (χ0v) is 19.4. The summed E-state index contributed by atoms with van der Waals surface area (Å²) < 4.78 is 1.97. The highest BCUT2D eigenvalue weighted by molar-refractivity contribution is 6.30. The topological polar surface area (TPSA) is 38.1 Å². The van der Waals surface area contributed by atoms with Crippen LogP contribution in [0.25, 0.3) is 16.6 Å². The molecule has 3 aromatic rings. The minimum atomic E-state index is 0.242. The molecule has 2 fully saturated rings. The maximum Gasteiger partial charge on any atom is 0.228 e. The highest BCUT2D eigenvalue weighted by atomic mass is 35.5. The van der Waals surface area contributed by atoms with E-state index in [2.05, 4.69) is 11.0 Å². The molecule has 1 amide bonds. The highest BCUT2D eigenvalue weighted by Gasteiger charge is 2.33. The molecule has 2 aromatic carbocycles. The van der Waals surface area contributed by atoms with Crippen molar-refractivity contribution in [3.05, 3.63) is 53.6 Å². The fourth-order valence-electron chi connectivity index (χ4n) is 5.58. The second-order valence-electron chi connectivity index (χ2n) is 9.49. The largest absolute Gasteiger partial charge is 0.293 e. The van der Waals surface area contributed by atoms with Gasteiger partial charge in [0.15, 0.2) is 0 Å². The molecule has 0 atom stereocenters. The summed E-state index contributed by atoms with van der Waals surface area (Å²) in [6, 6.07) is 16.2. The van der Waals surface area contributed by atoms with Crippen LogP contribution < -0.4 is 4.90 Å². The van der Waals surface area contributed by atoms with Crippen molar-refractivity contribution in [2.75, 3.05) is 4.90 Å². The number of carbonyl (C=O) groups is 1. The predicted octanol–water partition coefficient (Wildman–Crippen LogP) is 7.32. The van der Waals surface area contributed by atoms with Gasteiger partial charge in [0, 0.05) is 22.9 Å². The first-order valence-electron chi connectivity index (χ1n) is 12.3. The molecule has 5 rings (SSSR count). The van der Waals surface area contributed by atoms with Gasteiger partial charge in [0.05, 0.1) is 11.2 Å². The van der Waals surface area contributed by atoms with Gasteiger partial charge in [-0.3, -0.25) is 9.69 Å². The first kappa shape index (κ1) is 21.5. The number of hydrogen-bond acceptors (Lipinski definition) is 2. The highest BCUT2D eigenvalue weighted by Crippen LogP contribution is 2.37. The second kappa shape index (κ2) is 9.66. The van der Waals surface area contributed by atoms with Gasteiger partial charge in [-0.2, -0.15) is 5.10 Å². The molecular formula is C27H32ClN3O. The van der Waals surface area contributed by atoms with E-state index in [1.807, 2.05) is 47.1 Å². The zero-order chi connectivity index (χ0) is 21.9. The Balaban J connectivity index is 1.60. The molecule has 2 saturated carbocycles. The van der Waals surface area contributed by atoms with Crippen LogP contribution in [0.1, 0.15) is 70.6 Å². The first-order valence-corrected chi connectivity index (χ1v) is 12.6. The Kier molecular flexibility index (Phi) is 6.49. The van der Waals surface area contributed by atoms with Crippen molar-refractivity contribution >= 4 is 34.2 Å². The SMILES string of the molecule is O=C(CC1CCCCC1)N(c1c2ccccc2nn1-c1ccc(Cl)cc1)C1CCCCC1. The Bertz CT molecular complexity index is 1060. The van der Waals surface area contributed by atoms with Crippen molar-refractivity contribution in [2.45, 2.75) is 76.7 Å². The van der Waals surface area contributed by atoms with Gasteiger partial charge >= 0.3 is 0 Å². The number of amides is 1. The molecule has 0 N–H and O–H groups in total. The second-order valence-corrected chi connectivity index (χ2v) is 9.93. The van der Waals surface area contributed by atoms with E-state index in [9.17, 15) is 4.79 Å². The van der Waals surface area contributed by atoms with E-state index in [1.54, 1.807) is 0 Å². The minimum absolute atomic E-state index is 0.242. The standard InChI is InChI=1S/C27H32ClN3O/c28-21-15-17-23(18-16-21)31-27(24-13-7-8-14-25(24)29-31)30(22-11-5-2-6-12-22)26(32)19-20-9-3-1-4-10-20/h7-8,13-18,20,22H,1-6,9-12,19H2. The molecule has 0 bridgehead atoms. The summed E-state index contributed by atoms with van der Waals surface area (Å²) in [7, 11) is 0. The normalized spacial score (nSPS) is 18.2. The Hall–Kier alpha value is -2.33. The Morgan fingerprint density at radius 1 is 0.906 bits per heavy atom. The van der Waals surface area contributed by atoms with Crippen LogP contribution in [-0.2, 0) is 4.79 Å². The van der Waals surface area contributed by atoms with Crippen LogP contribution in [0.5, 0.6) is 0 Å². The van der Waals surface area contributed by atoms with E-state index in [0.29, 0.717) is 17.4 Å². The quantitative estimate of drug-likeness (QED) is 0.409. The number of aromatic nitrogens is 2. The molecule has 2 aliphatic carbocycles. The maximum atomic E-state index is 14.0. The van der Waals surface area contributed by atoms with Crippen molar-refractivity contribution < 1.29 is 4.79 Å².